The van der Waals surface area contributed by atoms with Gasteiger partial charge in [0.25, 0.3) is 0 Å². The molecule has 2 aliphatic heterocycles. The molecule has 0 radical (unpaired) electrons. The van der Waals surface area contributed by atoms with Crippen LogP contribution in [-0.4, -0.2) is 53.1 Å². The van der Waals surface area contributed by atoms with Gasteiger partial charge in [-0.15, -0.1) is 0 Å². The molecule has 1 saturated heterocycles. The first-order chi connectivity index (χ1) is 11.6. The number of nitrogens with zero attached hydrogens (tertiary/aromatic N) is 4. The third kappa shape index (κ3) is 2.48. The van der Waals surface area contributed by atoms with Crippen molar-refractivity contribution in [2.24, 2.45) is 0 Å². The molecule has 4 rings (SSSR count). The first-order valence-electron chi connectivity index (χ1n) is 7.69. The molecule has 2 aromatic rings. The number of hydrogen-bond acceptors (Lipinski definition) is 7. The third-order valence-corrected chi connectivity index (χ3v) is 5.17. The predicted octanol–water partition coefficient (Wildman–Crippen LogP) is 2.92. The minimum Gasteiger partial charge on any atom is -0.475 e. The monoisotopic (exact) mass is 370 g/mol. The summed E-state index contributed by atoms with van der Waals surface area (Å²) in [5.41, 5.74) is 0.150. The number of halogens is 2. The zero-order chi connectivity index (χ0) is 16.8. The van der Waals surface area contributed by atoms with Crippen molar-refractivity contribution in [2.75, 3.05) is 31.0 Å². The highest BCUT2D eigenvalue weighted by molar-refractivity contribution is 7.98. The summed E-state index contributed by atoms with van der Waals surface area (Å²) in [6, 6.07) is 0.157. The predicted molar refractivity (Wildman–Crippen MR) is 90.7 cm³/mol. The van der Waals surface area contributed by atoms with Crippen molar-refractivity contribution >= 4 is 40.1 Å². The van der Waals surface area contributed by atoms with Gasteiger partial charge in [-0.2, -0.15) is 4.98 Å². The standard InChI is InChI=1S/C15H16ClFN4O2S/c1-7-3-4-22-5-8-6-23-14-9-11(10(17)12(16)19-14)18-15(24-2)20-13(9)21(7)8/h7-8H,3-6H2,1-2H3/t7-,8-/m0/s1. The number of aromatic nitrogens is 3. The van der Waals surface area contributed by atoms with E-state index in [1.54, 1.807) is 0 Å². The molecule has 128 valence electrons. The van der Waals surface area contributed by atoms with Crippen LogP contribution in [0.5, 0.6) is 5.88 Å². The Hall–Kier alpha value is -1.38. The van der Waals surface area contributed by atoms with Crippen LogP contribution in [0.1, 0.15) is 13.3 Å². The molecular weight excluding hydrogens is 355 g/mol. The maximum atomic E-state index is 14.6. The van der Waals surface area contributed by atoms with E-state index >= 15 is 0 Å². The Balaban J connectivity index is 2.04. The summed E-state index contributed by atoms with van der Waals surface area (Å²) in [5, 5.41) is 0.726. The van der Waals surface area contributed by atoms with E-state index in [2.05, 4.69) is 26.8 Å². The number of pyridine rings is 1. The van der Waals surface area contributed by atoms with Gasteiger partial charge >= 0.3 is 0 Å². The van der Waals surface area contributed by atoms with Crippen LogP contribution in [-0.2, 0) is 4.74 Å². The van der Waals surface area contributed by atoms with Crippen LogP contribution in [0.25, 0.3) is 10.9 Å². The van der Waals surface area contributed by atoms with Crippen molar-refractivity contribution in [2.45, 2.75) is 30.6 Å². The van der Waals surface area contributed by atoms with Crippen molar-refractivity contribution < 1.29 is 13.9 Å². The van der Waals surface area contributed by atoms with E-state index in [9.17, 15) is 4.39 Å². The van der Waals surface area contributed by atoms with E-state index in [1.807, 2.05) is 6.26 Å². The molecular formula is C15H16ClFN4O2S. The molecule has 0 amide bonds. The Labute approximate surface area is 147 Å². The molecule has 2 atom stereocenters. The second-order valence-electron chi connectivity index (χ2n) is 5.86. The zero-order valence-corrected chi connectivity index (χ0v) is 14.8. The molecule has 9 heteroatoms. The Bertz CT molecular complexity index is 809. The summed E-state index contributed by atoms with van der Waals surface area (Å²) >= 11 is 7.29. The number of thioether (sulfide) groups is 1. The minimum absolute atomic E-state index is 0.0219. The van der Waals surface area contributed by atoms with Crippen LogP contribution < -0.4 is 9.64 Å². The number of ether oxygens (including phenoxy) is 2. The van der Waals surface area contributed by atoms with Gasteiger partial charge in [0.05, 0.1) is 12.6 Å². The summed E-state index contributed by atoms with van der Waals surface area (Å²) in [7, 11) is 0. The van der Waals surface area contributed by atoms with Crippen molar-refractivity contribution in [3.05, 3.63) is 11.0 Å². The first-order valence-corrected chi connectivity index (χ1v) is 9.30. The molecule has 4 heterocycles. The quantitative estimate of drug-likeness (QED) is 0.434. The summed E-state index contributed by atoms with van der Waals surface area (Å²) in [6.45, 7) is 3.69. The normalized spacial score (nSPS) is 23.4. The smallest absolute Gasteiger partial charge is 0.228 e. The number of rotatable bonds is 1. The van der Waals surface area contributed by atoms with E-state index in [0.717, 1.165) is 6.42 Å². The highest BCUT2D eigenvalue weighted by Gasteiger charge is 2.35. The average Bonchev–Trinajstić information content (AvgIpc) is 2.85. The molecule has 0 aliphatic carbocycles. The summed E-state index contributed by atoms with van der Waals surface area (Å²) < 4.78 is 26.1. The number of fused-ring (bicyclic) bond motifs is 2. The molecule has 24 heavy (non-hydrogen) atoms. The van der Waals surface area contributed by atoms with Crippen molar-refractivity contribution in [1.29, 1.82) is 0 Å². The molecule has 0 unspecified atom stereocenters. The van der Waals surface area contributed by atoms with Crippen LogP contribution in [0, 0.1) is 5.82 Å². The van der Waals surface area contributed by atoms with E-state index in [-0.39, 0.29) is 28.6 Å². The zero-order valence-electron chi connectivity index (χ0n) is 13.3. The Morgan fingerprint density at radius 2 is 2.12 bits per heavy atom. The number of anilines is 1. The lowest BCUT2D eigenvalue weighted by Gasteiger charge is -2.33. The van der Waals surface area contributed by atoms with Crippen LogP contribution in [0.15, 0.2) is 5.16 Å². The van der Waals surface area contributed by atoms with E-state index < -0.39 is 5.82 Å². The van der Waals surface area contributed by atoms with E-state index in [1.165, 1.54) is 11.8 Å². The van der Waals surface area contributed by atoms with Crippen molar-refractivity contribution in [1.82, 2.24) is 15.0 Å². The molecule has 0 bridgehead atoms. The fourth-order valence-electron chi connectivity index (χ4n) is 3.20. The Kier molecular flexibility index (Phi) is 4.14. The maximum absolute atomic E-state index is 14.6. The summed E-state index contributed by atoms with van der Waals surface area (Å²) in [4.78, 5) is 15.2. The molecule has 0 aromatic carbocycles. The highest BCUT2D eigenvalue weighted by Crippen LogP contribution is 2.40. The largest absolute Gasteiger partial charge is 0.475 e. The molecule has 0 saturated carbocycles. The SMILES string of the molecule is CSc1nc2c3c(nc(Cl)c(F)c3n1)OC[C@@H]1COCC[C@H](C)N21. The van der Waals surface area contributed by atoms with Gasteiger partial charge in [-0.3, -0.25) is 0 Å². The van der Waals surface area contributed by atoms with Gasteiger partial charge in [0.15, 0.2) is 16.1 Å². The van der Waals surface area contributed by atoms with Gasteiger partial charge in [0, 0.05) is 12.6 Å². The first kappa shape index (κ1) is 16.1. The molecule has 0 N–H and O–H groups in total. The van der Waals surface area contributed by atoms with Crippen molar-refractivity contribution in [3.63, 3.8) is 0 Å². The van der Waals surface area contributed by atoms with E-state index in [0.29, 0.717) is 36.2 Å². The van der Waals surface area contributed by atoms with Gasteiger partial charge in [-0.1, -0.05) is 23.4 Å². The second kappa shape index (κ2) is 6.16. The van der Waals surface area contributed by atoms with Gasteiger partial charge in [0.1, 0.15) is 23.3 Å². The minimum atomic E-state index is -0.643. The van der Waals surface area contributed by atoms with E-state index in [4.69, 9.17) is 21.1 Å². The lowest BCUT2D eigenvalue weighted by molar-refractivity contribution is 0.118. The highest BCUT2D eigenvalue weighted by atomic mass is 35.5. The molecule has 2 aliphatic rings. The van der Waals surface area contributed by atoms with Crippen LogP contribution >= 0.6 is 23.4 Å². The van der Waals surface area contributed by atoms with Crippen LogP contribution in [0.2, 0.25) is 5.15 Å². The second-order valence-corrected chi connectivity index (χ2v) is 7.00. The van der Waals surface area contributed by atoms with Gasteiger partial charge in [-0.05, 0) is 19.6 Å². The maximum Gasteiger partial charge on any atom is 0.228 e. The van der Waals surface area contributed by atoms with Gasteiger partial charge in [0.2, 0.25) is 5.88 Å². The van der Waals surface area contributed by atoms with Crippen LogP contribution in [0.3, 0.4) is 0 Å². The fourth-order valence-corrected chi connectivity index (χ4v) is 3.72. The Morgan fingerprint density at radius 3 is 2.92 bits per heavy atom. The lowest BCUT2D eigenvalue weighted by atomic mass is 10.1. The van der Waals surface area contributed by atoms with Gasteiger partial charge < -0.3 is 14.4 Å². The molecule has 2 aromatic heterocycles. The topological polar surface area (TPSA) is 60.4 Å². The molecule has 0 spiro atoms. The summed E-state index contributed by atoms with van der Waals surface area (Å²) in [5.74, 6) is 0.275. The molecule has 6 nitrogen and oxygen atoms in total. The fraction of sp³-hybridized carbons (Fsp3) is 0.533. The van der Waals surface area contributed by atoms with Gasteiger partial charge in [-0.25, -0.2) is 14.4 Å². The lowest BCUT2D eigenvalue weighted by Crippen LogP contribution is -2.45. The van der Waals surface area contributed by atoms with Crippen molar-refractivity contribution in [3.8, 4) is 5.88 Å². The molecule has 1 fully saturated rings. The number of hydrogen-bond donors (Lipinski definition) is 0. The average molecular weight is 371 g/mol. The Morgan fingerprint density at radius 1 is 1.29 bits per heavy atom. The third-order valence-electron chi connectivity index (χ3n) is 4.37. The van der Waals surface area contributed by atoms with Crippen LogP contribution in [0.4, 0.5) is 10.2 Å². The summed E-state index contributed by atoms with van der Waals surface area (Å²) in [6.07, 6.45) is 2.71.